The standard InChI is InChI=1S/C7H11N3OS2/c1-2-11-6(3-8-1)4-12-7-9-5-10-13-7/h5-6,8H,1-4H2. The summed E-state index contributed by atoms with van der Waals surface area (Å²) in [6.45, 7) is 2.74. The number of ether oxygens (including phenoxy) is 1. The van der Waals surface area contributed by atoms with Crippen molar-refractivity contribution in [3.05, 3.63) is 6.33 Å². The summed E-state index contributed by atoms with van der Waals surface area (Å²) in [6.07, 6.45) is 1.91. The fourth-order valence-electron chi connectivity index (χ4n) is 1.12. The van der Waals surface area contributed by atoms with Gasteiger partial charge >= 0.3 is 0 Å². The molecule has 72 valence electrons. The molecule has 0 amide bonds. The number of nitrogens with zero attached hydrogens (tertiary/aromatic N) is 2. The molecule has 4 nitrogen and oxygen atoms in total. The van der Waals surface area contributed by atoms with E-state index in [0.717, 1.165) is 29.8 Å². The van der Waals surface area contributed by atoms with Gasteiger partial charge in [0, 0.05) is 18.8 Å². The van der Waals surface area contributed by atoms with E-state index in [2.05, 4.69) is 14.7 Å². The lowest BCUT2D eigenvalue weighted by molar-refractivity contribution is 0.0441. The SMILES string of the molecule is c1nsc(SCC2CNCCO2)n1. The van der Waals surface area contributed by atoms with Crippen LogP contribution in [0, 0.1) is 0 Å². The molecule has 1 unspecified atom stereocenters. The molecule has 1 N–H and O–H groups in total. The third-order valence-corrected chi connectivity index (χ3v) is 3.67. The van der Waals surface area contributed by atoms with Crippen LogP contribution in [0.3, 0.4) is 0 Å². The van der Waals surface area contributed by atoms with E-state index in [1.165, 1.54) is 11.5 Å². The van der Waals surface area contributed by atoms with E-state index >= 15 is 0 Å². The van der Waals surface area contributed by atoms with Crippen LogP contribution in [0.4, 0.5) is 0 Å². The van der Waals surface area contributed by atoms with Crippen LogP contribution in [0.25, 0.3) is 0 Å². The van der Waals surface area contributed by atoms with Crippen molar-refractivity contribution < 1.29 is 4.74 Å². The summed E-state index contributed by atoms with van der Waals surface area (Å²) in [7, 11) is 0. The Hall–Kier alpha value is -0.170. The third kappa shape index (κ3) is 2.91. The molecule has 13 heavy (non-hydrogen) atoms. The first-order valence-corrected chi connectivity index (χ1v) is 5.93. The molecule has 1 aliphatic rings. The molecule has 0 saturated carbocycles. The molecule has 0 spiro atoms. The van der Waals surface area contributed by atoms with Gasteiger partial charge in [-0.2, -0.15) is 4.37 Å². The maximum Gasteiger partial charge on any atom is 0.169 e. The van der Waals surface area contributed by atoms with Gasteiger partial charge in [-0.15, -0.1) is 0 Å². The van der Waals surface area contributed by atoms with Crippen molar-refractivity contribution in [2.45, 2.75) is 10.4 Å². The van der Waals surface area contributed by atoms with Gasteiger partial charge in [0.1, 0.15) is 6.33 Å². The molecule has 0 bridgehead atoms. The Morgan fingerprint density at radius 2 is 2.77 bits per heavy atom. The number of thioether (sulfide) groups is 1. The van der Waals surface area contributed by atoms with Crippen LogP contribution in [-0.4, -0.2) is 40.9 Å². The van der Waals surface area contributed by atoms with E-state index in [9.17, 15) is 0 Å². The Bertz CT molecular complexity index is 236. The van der Waals surface area contributed by atoms with E-state index in [0.29, 0.717) is 6.10 Å². The fraction of sp³-hybridized carbons (Fsp3) is 0.714. The summed E-state index contributed by atoms with van der Waals surface area (Å²) in [4.78, 5) is 4.10. The molecule has 1 aromatic heterocycles. The predicted molar refractivity (Wildman–Crippen MR) is 53.2 cm³/mol. The highest BCUT2D eigenvalue weighted by Gasteiger charge is 2.13. The lowest BCUT2D eigenvalue weighted by Gasteiger charge is -2.22. The second kappa shape index (κ2) is 4.90. The molecule has 1 atom stereocenters. The summed E-state index contributed by atoms with van der Waals surface area (Å²) in [5.41, 5.74) is 0. The molecule has 2 rings (SSSR count). The van der Waals surface area contributed by atoms with Gasteiger partial charge in [-0.1, -0.05) is 11.8 Å². The van der Waals surface area contributed by atoms with Gasteiger partial charge in [-0.3, -0.25) is 0 Å². The van der Waals surface area contributed by atoms with Crippen LogP contribution in [0.2, 0.25) is 0 Å². The molecule has 1 saturated heterocycles. The zero-order valence-electron chi connectivity index (χ0n) is 7.10. The highest BCUT2D eigenvalue weighted by molar-refractivity contribution is 8.00. The summed E-state index contributed by atoms with van der Waals surface area (Å²) < 4.78 is 10.5. The number of nitrogens with one attached hydrogen (secondary N) is 1. The summed E-state index contributed by atoms with van der Waals surface area (Å²) >= 11 is 3.15. The van der Waals surface area contributed by atoms with Crippen LogP contribution in [-0.2, 0) is 4.74 Å². The summed E-state index contributed by atoms with van der Waals surface area (Å²) in [5.74, 6) is 0.961. The van der Waals surface area contributed by atoms with Crippen molar-refractivity contribution in [1.82, 2.24) is 14.7 Å². The highest BCUT2D eigenvalue weighted by atomic mass is 32.2. The van der Waals surface area contributed by atoms with E-state index in [1.807, 2.05) is 0 Å². The molecule has 1 aliphatic heterocycles. The Morgan fingerprint density at radius 1 is 1.77 bits per heavy atom. The first-order chi connectivity index (χ1) is 6.45. The quantitative estimate of drug-likeness (QED) is 0.752. The number of aromatic nitrogens is 2. The third-order valence-electron chi connectivity index (χ3n) is 1.74. The van der Waals surface area contributed by atoms with Crippen molar-refractivity contribution in [3.8, 4) is 0 Å². The molecule has 2 heterocycles. The van der Waals surface area contributed by atoms with Gasteiger partial charge in [0.15, 0.2) is 4.34 Å². The molecule has 1 aromatic rings. The van der Waals surface area contributed by atoms with Crippen LogP contribution in [0.5, 0.6) is 0 Å². The predicted octanol–water partition coefficient (Wildman–Crippen LogP) is 0.619. The van der Waals surface area contributed by atoms with E-state index < -0.39 is 0 Å². The number of hydrogen-bond acceptors (Lipinski definition) is 6. The van der Waals surface area contributed by atoms with Gasteiger partial charge < -0.3 is 10.1 Å². The van der Waals surface area contributed by atoms with Crippen molar-refractivity contribution in [3.63, 3.8) is 0 Å². The largest absolute Gasteiger partial charge is 0.375 e. The Labute approximate surface area is 85.3 Å². The van der Waals surface area contributed by atoms with E-state index in [4.69, 9.17) is 4.74 Å². The van der Waals surface area contributed by atoms with E-state index in [-0.39, 0.29) is 0 Å². The normalized spacial score (nSPS) is 23.2. The number of morpholine rings is 1. The van der Waals surface area contributed by atoms with Crippen LogP contribution >= 0.6 is 23.3 Å². The van der Waals surface area contributed by atoms with Crippen molar-refractivity contribution in [1.29, 1.82) is 0 Å². The molecular weight excluding hydrogens is 206 g/mol. The Morgan fingerprint density at radius 3 is 3.46 bits per heavy atom. The average Bonchev–Trinajstić information content (AvgIpc) is 2.69. The molecule has 1 fully saturated rings. The van der Waals surface area contributed by atoms with Gasteiger partial charge in [0.25, 0.3) is 0 Å². The molecule has 0 aromatic carbocycles. The lowest BCUT2D eigenvalue weighted by Crippen LogP contribution is -2.39. The number of rotatable bonds is 3. The molecule has 0 aliphatic carbocycles. The maximum absolute atomic E-state index is 5.55. The first kappa shape index (κ1) is 9.39. The Kier molecular flexibility index (Phi) is 3.54. The summed E-state index contributed by atoms with van der Waals surface area (Å²) in [5, 5.41) is 3.29. The smallest absolute Gasteiger partial charge is 0.169 e. The van der Waals surface area contributed by atoms with Crippen LogP contribution < -0.4 is 5.32 Å². The lowest BCUT2D eigenvalue weighted by atomic mass is 10.3. The Balaban J connectivity index is 1.72. The second-order valence-corrected chi connectivity index (χ2v) is 4.76. The first-order valence-electron chi connectivity index (χ1n) is 4.17. The van der Waals surface area contributed by atoms with Crippen molar-refractivity contribution >= 4 is 23.3 Å². The van der Waals surface area contributed by atoms with Crippen molar-refractivity contribution in [2.75, 3.05) is 25.4 Å². The zero-order valence-corrected chi connectivity index (χ0v) is 8.74. The van der Waals surface area contributed by atoms with Gasteiger partial charge in [0.2, 0.25) is 0 Å². The minimum atomic E-state index is 0.322. The zero-order chi connectivity index (χ0) is 8.93. The summed E-state index contributed by atoms with van der Waals surface area (Å²) in [6, 6.07) is 0. The molecular formula is C7H11N3OS2. The maximum atomic E-state index is 5.55. The van der Waals surface area contributed by atoms with Gasteiger partial charge in [0.05, 0.1) is 12.7 Å². The monoisotopic (exact) mass is 217 g/mol. The minimum Gasteiger partial charge on any atom is -0.375 e. The molecule has 6 heteroatoms. The van der Waals surface area contributed by atoms with E-state index in [1.54, 1.807) is 18.1 Å². The van der Waals surface area contributed by atoms with Crippen LogP contribution in [0.1, 0.15) is 0 Å². The second-order valence-electron chi connectivity index (χ2n) is 2.72. The number of hydrogen-bond donors (Lipinski definition) is 1. The fourth-order valence-corrected chi connectivity index (χ4v) is 2.60. The van der Waals surface area contributed by atoms with Gasteiger partial charge in [-0.25, -0.2) is 4.98 Å². The topological polar surface area (TPSA) is 47.0 Å². The van der Waals surface area contributed by atoms with Crippen LogP contribution in [0.15, 0.2) is 10.7 Å². The molecule has 0 radical (unpaired) electrons. The highest BCUT2D eigenvalue weighted by Crippen LogP contribution is 2.20. The van der Waals surface area contributed by atoms with Crippen molar-refractivity contribution in [2.24, 2.45) is 0 Å². The average molecular weight is 217 g/mol. The minimum absolute atomic E-state index is 0.322. The van der Waals surface area contributed by atoms with Gasteiger partial charge in [-0.05, 0) is 11.5 Å².